The van der Waals surface area contributed by atoms with Crippen LogP contribution in [0.5, 0.6) is 0 Å². The van der Waals surface area contributed by atoms with Gasteiger partial charge >= 0.3 is 0 Å². The summed E-state index contributed by atoms with van der Waals surface area (Å²) in [6, 6.07) is 0.469. The Kier molecular flexibility index (Phi) is 10.4. The Morgan fingerprint density at radius 3 is 2.28 bits per heavy atom. The van der Waals surface area contributed by atoms with Crippen molar-refractivity contribution >= 4 is 0 Å². The summed E-state index contributed by atoms with van der Waals surface area (Å²) in [6.45, 7) is 11.1. The van der Waals surface area contributed by atoms with Gasteiger partial charge in [-0.15, -0.1) is 6.58 Å². The first-order chi connectivity index (χ1) is 8.70. The lowest BCUT2D eigenvalue weighted by Gasteiger charge is -2.39. The number of unbranched alkanes of at least 4 members (excludes halogenated alkanes) is 3. The second kappa shape index (κ2) is 10.6. The van der Waals surface area contributed by atoms with Crippen LogP contribution in [0.25, 0.3) is 0 Å². The van der Waals surface area contributed by atoms with E-state index in [4.69, 9.17) is 4.74 Å². The fraction of sp³-hybridized carbons (Fsp3) is 0.875. The largest absolute Gasteiger partial charge is 0.374 e. The number of rotatable bonds is 12. The SMILES string of the molecule is C=CCCCCCC(NC)C(CC)(CC)OCC. The number of ether oxygens (including phenoxy) is 1. The Bertz CT molecular complexity index is 199. The van der Waals surface area contributed by atoms with Crippen molar-refractivity contribution in [2.45, 2.75) is 77.4 Å². The van der Waals surface area contributed by atoms with E-state index in [9.17, 15) is 0 Å². The molecule has 0 heterocycles. The normalized spacial score (nSPS) is 13.6. The molecule has 0 rings (SSSR count). The van der Waals surface area contributed by atoms with Crippen LogP contribution in [-0.2, 0) is 4.74 Å². The third-order valence-electron chi connectivity index (χ3n) is 4.01. The monoisotopic (exact) mass is 255 g/mol. The Balaban J connectivity index is 4.28. The van der Waals surface area contributed by atoms with Crippen molar-refractivity contribution in [1.29, 1.82) is 0 Å². The second-order valence-electron chi connectivity index (χ2n) is 4.97. The zero-order valence-electron chi connectivity index (χ0n) is 12.9. The summed E-state index contributed by atoms with van der Waals surface area (Å²) in [5, 5.41) is 3.48. The fourth-order valence-electron chi connectivity index (χ4n) is 2.82. The van der Waals surface area contributed by atoms with E-state index in [0.29, 0.717) is 6.04 Å². The number of hydrogen-bond acceptors (Lipinski definition) is 2. The molecule has 2 heteroatoms. The molecular formula is C16H33NO. The number of allylic oxidation sites excluding steroid dienone is 1. The molecule has 0 amide bonds. The van der Waals surface area contributed by atoms with Crippen molar-refractivity contribution in [2.75, 3.05) is 13.7 Å². The zero-order chi connectivity index (χ0) is 13.9. The number of hydrogen-bond donors (Lipinski definition) is 1. The van der Waals surface area contributed by atoms with E-state index in [1.165, 1.54) is 25.7 Å². The average Bonchev–Trinajstić information content (AvgIpc) is 2.41. The summed E-state index contributed by atoms with van der Waals surface area (Å²) < 4.78 is 6.08. The Hall–Kier alpha value is -0.340. The third-order valence-corrected chi connectivity index (χ3v) is 4.01. The topological polar surface area (TPSA) is 21.3 Å². The molecule has 0 aliphatic rings. The first-order valence-corrected chi connectivity index (χ1v) is 7.62. The van der Waals surface area contributed by atoms with Crippen LogP contribution in [0.1, 0.15) is 65.7 Å². The molecule has 0 aromatic heterocycles. The van der Waals surface area contributed by atoms with Crippen molar-refractivity contribution in [3.05, 3.63) is 12.7 Å². The summed E-state index contributed by atoms with van der Waals surface area (Å²) in [4.78, 5) is 0. The van der Waals surface area contributed by atoms with Gasteiger partial charge in [0.25, 0.3) is 0 Å². The lowest BCUT2D eigenvalue weighted by molar-refractivity contribution is -0.0726. The highest BCUT2D eigenvalue weighted by atomic mass is 16.5. The van der Waals surface area contributed by atoms with Crippen LogP contribution in [0.2, 0.25) is 0 Å². The third kappa shape index (κ3) is 5.53. The van der Waals surface area contributed by atoms with Crippen molar-refractivity contribution in [1.82, 2.24) is 5.32 Å². The summed E-state index contributed by atoms with van der Waals surface area (Å²) in [5.74, 6) is 0. The fourth-order valence-corrected chi connectivity index (χ4v) is 2.82. The van der Waals surface area contributed by atoms with Gasteiger partial charge in [0.05, 0.1) is 5.60 Å². The van der Waals surface area contributed by atoms with Gasteiger partial charge in [-0.3, -0.25) is 0 Å². The Morgan fingerprint density at radius 1 is 1.17 bits per heavy atom. The molecule has 0 aliphatic carbocycles. The quantitative estimate of drug-likeness (QED) is 0.414. The molecule has 1 atom stereocenters. The lowest BCUT2D eigenvalue weighted by Crippen LogP contribution is -2.50. The molecule has 0 aliphatic heterocycles. The molecule has 0 aromatic rings. The maximum absolute atomic E-state index is 6.08. The molecule has 1 unspecified atom stereocenters. The minimum atomic E-state index is 0.0158. The van der Waals surface area contributed by atoms with Gasteiger partial charge in [-0.25, -0.2) is 0 Å². The predicted molar refractivity (Wildman–Crippen MR) is 81.1 cm³/mol. The van der Waals surface area contributed by atoms with E-state index in [2.05, 4.69) is 39.7 Å². The molecule has 0 saturated heterocycles. The van der Waals surface area contributed by atoms with E-state index in [1.54, 1.807) is 0 Å². The van der Waals surface area contributed by atoms with Gasteiger partial charge in [-0.2, -0.15) is 0 Å². The van der Waals surface area contributed by atoms with Crippen LogP contribution < -0.4 is 5.32 Å². The number of nitrogens with one attached hydrogen (secondary N) is 1. The van der Waals surface area contributed by atoms with Crippen LogP contribution in [0, 0.1) is 0 Å². The van der Waals surface area contributed by atoms with E-state index in [1.807, 2.05) is 6.08 Å². The van der Waals surface area contributed by atoms with Crippen molar-refractivity contribution in [2.24, 2.45) is 0 Å². The number of likely N-dealkylation sites (N-methyl/N-ethyl adjacent to an activating group) is 1. The maximum Gasteiger partial charge on any atom is 0.0829 e. The maximum atomic E-state index is 6.08. The van der Waals surface area contributed by atoms with Crippen LogP contribution >= 0.6 is 0 Å². The minimum Gasteiger partial charge on any atom is -0.374 e. The van der Waals surface area contributed by atoms with Gasteiger partial charge < -0.3 is 10.1 Å². The molecule has 108 valence electrons. The van der Waals surface area contributed by atoms with E-state index >= 15 is 0 Å². The van der Waals surface area contributed by atoms with Gasteiger partial charge in [0.1, 0.15) is 0 Å². The first-order valence-electron chi connectivity index (χ1n) is 7.62. The van der Waals surface area contributed by atoms with E-state index < -0.39 is 0 Å². The van der Waals surface area contributed by atoms with Crippen molar-refractivity contribution < 1.29 is 4.74 Å². The van der Waals surface area contributed by atoms with Crippen LogP contribution in [0.4, 0.5) is 0 Å². The first kappa shape index (κ1) is 17.7. The molecule has 0 spiro atoms. The van der Waals surface area contributed by atoms with Crippen molar-refractivity contribution in [3.8, 4) is 0 Å². The molecular weight excluding hydrogens is 222 g/mol. The Morgan fingerprint density at radius 2 is 1.83 bits per heavy atom. The summed E-state index contributed by atoms with van der Waals surface area (Å²) in [6.07, 6.45) is 10.3. The second-order valence-corrected chi connectivity index (χ2v) is 4.97. The van der Waals surface area contributed by atoms with Gasteiger partial charge in [0.15, 0.2) is 0 Å². The standard InChI is InChI=1S/C16H33NO/c1-6-10-11-12-13-14-15(17-5)16(7-2,8-3)18-9-4/h6,15,17H,1,7-14H2,2-5H3. The van der Waals surface area contributed by atoms with Crippen LogP contribution in [-0.4, -0.2) is 25.3 Å². The van der Waals surface area contributed by atoms with Crippen LogP contribution in [0.3, 0.4) is 0 Å². The lowest BCUT2D eigenvalue weighted by atomic mass is 9.85. The molecule has 2 nitrogen and oxygen atoms in total. The summed E-state index contributed by atoms with van der Waals surface area (Å²) in [5.41, 5.74) is 0.0158. The van der Waals surface area contributed by atoms with Gasteiger partial charge in [0, 0.05) is 12.6 Å². The van der Waals surface area contributed by atoms with Gasteiger partial charge in [-0.1, -0.05) is 32.8 Å². The average molecular weight is 255 g/mol. The highest BCUT2D eigenvalue weighted by Crippen LogP contribution is 2.28. The molecule has 0 aromatic carbocycles. The highest BCUT2D eigenvalue weighted by molar-refractivity contribution is 4.90. The smallest absolute Gasteiger partial charge is 0.0829 e. The van der Waals surface area contributed by atoms with Crippen molar-refractivity contribution in [3.63, 3.8) is 0 Å². The minimum absolute atomic E-state index is 0.0158. The molecule has 1 N–H and O–H groups in total. The molecule has 0 saturated carbocycles. The van der Waals surface area contributed by atoms with E-state index in [0.717, 1.165) is 25.9 Å². The molecule has 18 heavy (non-hydrogen) atoms. The zero-order valence-corrected chi connectivity index (χ0v) is 12.9. The van der Waals surface area contributed by atoms with Gasteiger partial charge in [-0.05, 0) is 46.1 Å². The Labute approximate surface area is 114 Å². The summed E-state index contributed by atoms with van der Waals surface area (Å²) in [7, 11) is 2.06. The van der Waals surface area contributed by atoms with Crippen LogP contribution in [0.15, 0.2) is 12.7 Å². The molecule has 0 bridgehead atoms. The highest BCUT2D eigenvalue weighted by Gasteiger charge is 2.34. The summed E-state index contributed by atoms with van der Waals surface area (Å²) >= 11 is 0. The van der Waals surface area contributed by atoms with Gasteiger partial charge in [0.2, 0.25) is 0 Å². The molecule has 0 radical (unpaired) electrons. The molecule has 0 fully saturated rings. The predicted octanol–water partition coefficient (Wildman–Crippen LogP) is 4.31. The van der Waals surface area contributed by atoms with E-state index in [-0.39, 0.29) is 5.60 Å².